The summed E-state index contributed by atoms with van der Waals surface area (Å²) in [6.45, 7) is 4.31. The van der Waals surface area contributed by atoms with E-state index in [0.717, 1.165) is 15.8 Å². The summed E-state index contributed by atoms with van der Waals surface area (Å²) in [5.41, 5.74) is 0.742. The van der Waals surface area contributed by atoms with E-state index in [1.165, 1.54) is 13.2 Å². The fraction of sp³-hybridized carbons (Fsp3) is 0.385. The van der Waals surface area contributed by atoms with Crippen LogP contribution in [0.2, 0.25) is 0 Å². The molecule has 0 radical (unpaired) electrons. The number of benzene rings is 1. The second-order valence-corrected chi connectivity index (χ2v) is 9.92. The minimum Gasteiger partial charge on any atom is -0.341 e. The van der Waals surface area contributed by atoms with E-state index in [9.17, 15) is 19.2 Å². The highest BCUT2D eigenvalue weighted by Crippen LogP contribution is 2.41. The van der Waals surface area contributed by atoms with Crippen molar-refractivity contribution in [3.63, 3.8) is 0 Å². The lowest BCUT2D eigenvalue weighted by atomic mass is 9.85. The highest BCUT2D eigenvalue weighted by atomic mass is 16.2. The Balaban J connectivity index is 1.36. The number of likely N-dealkylation sites (N-methyl/N-ethyl adjacent to an activating group) is 1. The molecule has 3 aromatic rings. The zero-order valence-electron chi connectivity index (χ0n) is 21.0. The number of imide groups is 1. The molecule has 11 heteroatoms. The third-order valence-electron chi connectivity index (χ3n) is 7.34. The van der Waals surface area contributed by atoms with Crippen molar-refractivity contribution in [2.24, 2.45) is 5.92 Å². The van der Waals surface area contributed by atoms with Gasteiger partial charge in [0.05, 0.1) is 17.3 Å². The first-order chi connectivity index (χ1) is 17.7. The summed E-state index contributed by atoms with van der Waals surface area (Å²) >= 11 is 0. The van der Waals surface area contributed by atoms with Gasteiger partial charge in [-0.15, -0.1) is 0 Å². The van der Waals surface area contributed by atoms with Gasteiger partial charge < -0.3 is 10.2 Å². The van der Waals surface area contributed by atoms with Crippen molar-refractivity contribution < 1.29 is 19.2 Å². The van der Waals surface area contributed by atoms with E-state index in [0.29, 0.717) is 24.1 Å². The molecule has 2 aliphatic rings. The molecule has 5 rings (SSSR count). The summed E-state index contributed by atoms with van der Waals surface area (Å²) in [5.74, 6) is -1.00. The monoisotopic (exact) mass is 503 g/mol. The average Bonchev–Trinajstić information content (AvgIpc) is 3.45. The summed E-state index contributed by atoms with van der Waals surface area (Å²) in [7, 11) is 1.49. The maximum Gasteiger partial charge on any atom is 0.331 e. The van der Waals surface area contributed by atoms with Crippen LogP contribution in [-0.2, 0) is 9.59 Å². The largest absolute Gasteiger partial charge is 0.341 e. The number of aromatic nitrogens is 3. The molecule has 192 valence electrons. The van der Waals surface area contributed by atoms with E-state index in [1.807, 2.05) is 26.0 Å². The number of likely N-dealkylation sites (tertiary alicyclic amines) is 1. The topological polar surface area (TPSA) is 132 Å². The molecule has 5 amide bonds. The molecular weight excluding hydrogens is 474 g/mol. The molecule has 0 aliphatic carbocycles. The number of piperidine rings is 1. The Bertz CT molecular complexity index is 1360. The second-order valence-electron chi connectivity index (χ2n) is 9.92. The quantitative estimate of drug-likeness (QED) is 0.513. The normalized spacial score (nSPS) is 18.2. The van der Waals surface area contributed by atoms with Crippen LogP contribution in [0.15, 0.2) is 48.9 Å². The Morgan fingerprint density at radius 2 is 1.86 bits per heavy atom. The molecule has 4 heterocycles. The van der Waals surface area contributed by atoms with E-state index in [1.54, 1.807) is 40.4 Å². The van der Waals surface area contributed by atoms with Crippen LogP contribution in [0.25, 0.3) is 10.9 Å². The molecule has 2 aliphatic heterocycles. The summed E-state index contributed by atoms with van der Waals surface area (Å²) in [5, 5.41) is 10.6. The number of anilines is 1. The van der Waals surface area contributed by atoms with Gasteiger partial charge >= 0.3 is 6.03 Å². The molecule has 37 heavy (non-hydrogen) atoms. The van der Waals surface area contributed by atoms with Crippen LogP contribution in [0.3, 0.4) is 0 Å². The van der Waals surface area contributed by atoms with Gasteiger partial charge in [0.2, 0.25) is 5.91 Å². The maximum absolute atomic E-state index is 13.5. The molecule has 0 saturated carbocycles. The Hall–Kier alpha value is -4.28. The van der Waals surface area contributed by atoms with Gasteiger partial charge in [-0.2, -0.15) is 5.10 Å². The number of amides is 5. The standard InChI is InChI=1S/C26H29N7O4/c1-16(2)21(29-22(34)17-5-4-10-27-14-17)23(35)32-11-8-26(9-12-32)24(36)31(3)25(37)33(26)19-6-7-20-18(13-19)15-28-30-20/h4-7,10,13-16,21H,8-9,11-12H2,1-3H3,(H,28,30)(H,29,34). The summed E-state index contributed by atoms with van der Waals surface area (Å²) < 4.78 is 0. The van der Waals surface area contributed by atoms with Crippen LogP contribution >= 0.6 is 0 Å². The van der Waals surface area contributed by atoms with Gasteiger partial charge in [0.1, 0.15) is 11.6 Å². The number of aromatic amines is 1. The molecule has 2 N–H and O–H groups in total. The van der Waals surface area contributed by atoms with Crippen molar-refractivity contribution in [3.8, 4) is 0 Å². The fourth-order valence-corrected chi connectivity index (χ4v) is 5.22. The van der Waals surface area contributed by atoms with Crippen molar-refractivity contribution in [1.29, 1.82) is 0 Å². The zero-order valence-corrected chi connectivity index (χ0v) is 21.0. The van der Waals surface area contributed by atoms with Gasteiger partial charge in [-0.25, -0.2) is 4.79 Å². The number of urea groups is 1. The molecule has 1 unspecified atom stereocenters. The fourth-order valence-electron chi connectivity index (χ4n) is 5.22. The molecule has 1 atom stereocenters. The number of nitrogens with one attached hydrogen (secondary N) is 2. The Kier molecular flexibility index (Phi) is 6.14. The van der Waals surface area contributed by atoms with Crippen molar-refractivity contribution in [1.82, 2.24) is 30.3 Å². The van der Waals surface area contributed by atoms with Crippen molar-refractivity contribution in [2.45, 2.75) is 38.3 Å². The van der Waals surface area contributed by atoms with Crippen molar-refractivity contribution in [2.75, 3.05) is 25.0 Å². The Labute approximate surface area is 213 Å². The van der Waals surface area contributed by atoms with Crippen molar-refractivity contribution in [3.05, 3.63) is 54.5 Å². The first kappa shape index (κ1) is 24.4. The number of hydrogen-bond acceptors (Lipinski definition) is 6. The van der Waals surface area contributed by atoms with Gasteiger partial charge in [-0.1, -0.05) is 13.8 Å². The van der Waals surface area contributed by atoms with Gasteiger partial charge in [-0.05, 0) is 49.1 Å². The lowest BCUT2D eigenvalue weighted by Crippen LogP contribution is -2.60. The minimum atomic E-state index is -1.08. The van der Waals surface area contributed by atoms with E-state index in [2.05, 4.69) is 20.5 Å². The van der Waals surface area contributed by atoms with Crippen LogP contribution < -0.4 is 10.2 Å². The van der Waals surface area contributed by atoms with Gasteiger partial charge in [0, 0.05) is 43.6 Å². The minimum absolute atomic E-state index is 0.150. The summed E-state index contributed by atoms with van der Waals surface area (Å²) in [6.07, 6.45) is 5.28. The predicted molar refractivity (Wildman–Crippen MR) is 136 cm³/mol. The van der Waals surface area contributed by atoms with E-state index in [-0.39, 0.29) is 36.7 Å². The lowest BCUT2D eigenvalue weighted by molar-refractivity contribution is -0.139. The molecule has 0 bridgehead atoms. The lowest BCUT2D eigenvalue weighted by Gasteiger charge is -2.43. The number of hydrogen-bond donors (Lipinski definition) is 2. The molecule has 1 aromatic carbocycles. The van der Waals surface area contributed by atoms with Crippen molar-refractivity contribution >= 4 is 40.3 Å². The number of H-pyrrole nitrogens is 1. The highest BCUT2D eigenvalue weighted by molar-refractivity contribution is 6.17. The molecular formula is C26H29N7O4. The van der Waals surface area contributed by atoms with E-state index >= 15 is 0 Å². The average molecular weight is 504 g/mol. The first-order valence-electron chi connectivity index (χ1n) is 12.3. The van der Waals surface area contributed by atoms with Crippen LogP contribution in [0.5, 0.6) is 0 Å². The zero-order chi connectivity index (χ0) is 26.3. The summed E-state index contributed by atoms with van der Waals surface area (Å²) in [4.78, 5) is 61.2. The second kappa shape index (κ2) is 9.30. The molecule has 2 fully saturated rings. The molecule has 11 nitrogen and oxygen atoms in total. The Morgan fingerprint density at radius 1 is 1.11 bits per heavy atom. The van der Waals surface area contributed by atoms with Crippen LogP contribution in [-0.4, -0.2) is 80.5 Å². The molecule has 2 aromatic heterocycles. The number of nitrogens with zero attached hydrogens (tertiary/aromatic N) is 5. The number of carbonyl (C=O) groups is 4. The maximum atomic E-state index is 13.5. The number of pyridine rings is 1. The van der Waals surface area contributed by atoms with Gasteiger partial charge in [0.15, 0.2) is 0 Å². The predicted octanol–water partition coefficient (Wildman–Crippen LogP) is 2.17. The van der Waals surface area contributed by atoms with Crippen LogP contribution in [0, 0.1) is 5.92 Å². The Morgan fingerprint density at radius 3 is 2.54 bits per heavy atom. The third kappa shape index (κ3) is 4.09. The van der Waals surface area contributed by atoms with E-state index in [4.69, 9.17) is 0 Å². The number of carbonyl (C=O) groups excluding carboxylic acids is 4. The van der Waals surface area contributed by atoms with Crippen LogP contribution in [0.4, 0.5) is 10.5 Å². The van der Waals surface area contributed by atoms with Gasteiger partial charge in [0.25, 0.3) is 11.8 Å². The summed E-state index contributed by atoms with van der Waals surface area (Å²) in [6, 6.07) is 7.65. The third-order valence-corrected chi connectivity index (χ3v) is 7.34. The number of rotatable bonds is 5. The van der Waals surface area contributed by atoms with Gasteiger partial charge in [-0.3, -0.25) is 34.3 Å². The molecule has 1 spiro atoms. The smallest absolute Gasteiger partial charge is 0.331 e. The molecule has 2 saturated heterocycles. The highest BCUT2D eigenvalue weighted by Gasteiger charge is 2.58. The number of fused-ring (bicyclic) bond motifs is 1. The SMILES string of the molecule is CC(C)C(NC(=O)c1cccnc1)C(=O)N1CCC2(CC1)C(=O)N(C)C(=O)N2c1ccc2[nH]ncc2c1. The van der Waals surface area contributed by atoms with Crippen LogP contribution in [0.1, 0.15) is 37.0 Å². The first-order valence-corrected chi connectivity index (χ1v) is 12.3. The van der Waals surface area contributed by atoms with E-state index < -0.39 is 17.6 Å².